The SMILES string of the molecule is CCNC(Cc1cc(F)cc(Br)c1)C1Cc2ccccc21. The molecule has 1 N–H and O–H groups in total. The molecule has 0 aliphatic heterocycles. The van der Waals surface area contributed by atoms with Gasteiger partial charge in [0.15, 0.2) is 0 Å². The highest BCUT2D eigenvalue weighted by atomic mass is 79.9. The van der Waals surface area contributed by atoms with Crippen molar-refractivity contribution in [1.82, 2.24) is 5.32 Å². The van der Waals surface area contributed by atoms with E-state index in [4.69, 9.17) is 0 Å². The average Bonchev–Trinajstić information content (AvgIpc) is 2.39. The van der Waals surface area contributed by atoms with Gasteiger partial charge in [0, 0.05) is 16.4 Å². The van der Waals surface area contributed by atoms with Crippen molar-refractivity contribution in [2.24, 2.45) is 0 Å². The first-order valence-corrected chi connectivity index (χ1v) is 8.23. The molecule has 0 saturated heterocycles. The van der Waals surface area contributed by atoms with E-state index in [1.165, 1.54) is 17.2 Å². The first kappa shape index (κ1) is 14.7. The number of rotatable bonds is 5. The molecule has 0 fully saturated rings. The maximum absolute atomic E-state index is 13.5. The summed E-state index contributed by atoms with van der Waals surface area (Å²) in [7, 11) is 0. The van der Waals surface area contributed by atoms with E-state index in [-0.39, 0.29) is 5.82 Å². The van der Waals surface area contributed by atoms with E-state index in [1.807, 2.05) is 6.07 Å². The summed E-state index contributed by atoms with van der Waals surface area (Å²) >= 11 is 3.38. The smallest absolute Gasteiger partial charge is 0.124 e. The molecule has 0 amide bonds. The lowest BCUT2D eigenvalue weighted by Gasteiger charge is -2.37. The summed E-state index contributed by atoms with van der Waals surface area (Å²) in [5, 5.41) is 3.58. The molecule has 21 heavy (non-hydrogen) atoms. The van der Waals surface area contributed by atoms with E-state index in [0.717, 1.165) is 29.4 Å². The Kier molecular flexibility index (Phi) is 4.41. The second-order valence-electron chi connectivity index (χ2n) is 5.66. The summed E-state index contributed by atoms with van der Waals surface area (Å²) in [6.07, 6.45) is 1.97. The number of halogens is 2. The summed E-state index contributed by atoms with van der Waals surface area (Å²) < 4.78 is 14.4. The lowest BCUT2D eigenvalue weighted by Crippen LogP contribution is -2.41. The van der Waals surface area contributed by atoms with Gasteiger partial charge in [-0.05, 0) is 54.3 Å². The number of nitrogens with one attached hydrogen (secondary N) is 1. The van der Waals surface area contributed by atoms with Crippen molar-refractivity contribution in [1.29, 1.82) is 0 Å². The Bertz CT molecular complexity index is 621. The number of benzene rings is 2. The van der Waals surface area contributed by atoms with Crippen LogP contribution >= 0.6 is 15.9 Å². The molecule has 1 aliphatic carbocycles. The van der Waals surface area contributed by atoms with Crippen molar-refractivity contribution < 1.29 is 4.39 Å². The molecule has 1 nitrogen and oxygen atoms in total. The van der Waals surface area contributed by atoms with Gasteiger partial charge in [0.1, 0.15) is 5.82 Å². The summed E-state index contributed by atoms with van der Waals surface area (Å²) in [4.78, 5) is 0. The Morgan fingerprint density at radius 3 is 2.81 bits per heavy atom. The van der Waals surface area contributed by atoms with Gasteiger partial charge in [-0.2, -0.15) is 0 Å². The van der Waals surface area contributed by atoms with Crippen molar-refractivity contribution in [3.63, 3.8) is 0 Å². The molecule has 0 heterocycles. The van der Waals surface area contributed by atoms with E-state index >= 15 is 0 Å². The predicted molar refractivity (Wildman–Crippen MR) is 88.2 cm³/mol. The minimum Gasteiger partial charge on any atom is -0.313 e. The van der Waals surface area contributed by atoms with Crippen LogP contribution in [0.1, 0.15) is 29.5 Å². The van der Waals surface area contributed by atoms with E-state index in [1.54, 1.807) is 6.07 Å². The second-order valence-corrected chi connectivity index (χ2v) is 6.57. The van der Waals surface area contributed by atoms with Gasteiger partial charge in [-0.3, -0.25) is 0 Å². The molecule has 0 spiro atoms. The van der Waals surface area contributed by atoms with E-state index in [2.05, 4.69) is 52.4 Å². The molecule has 3 rings (SSSR count). The summed E-state index contributed by atoms with van der Waals surface area (Å²) in [5.74, 6) is 0.354. The minimum atomic E-state index is -0.177. The summed E-state index contributed by atoms with van der Waals surface area (Å²) in [6, 6.07) is 14.1. The number of fused-ring (bicyclic) bond motifs is 1. The molecule has 1 aliphatic rings. The highest BCUT2D eigenvalue weighted by molar-refractivity contribution is 9.10. The van der Waals surface area contributed by atoms with Gasteiger partial charge < -0.3 is 5.32 Å². The Hall–Kier alpha value is -1.19. The molecule has 2 aromatic rings. The number of hydrogen-bond donors (Lipinski definition) is 1. The van der Waals surface area contributed by atoms with Crippen LogP contribution in [0.2, 0.25) is 0 Å². The highest BCUT2D eigenvalue weighted by Gasteiger charge is 2.32. The van der Waals surface area contributed by atoms with Gasteiger partial charge in [0.25, 0.3) is 0 Å². The summed E-state index contributed by atoms with van der Waals surface area (Å²) in [6.45, 7) is 3.05. The minimum absolute atomic E-state index is 0.177. The van der Waals surface area contributed by atoms with Crippen molar-refractivity contribution in [3.05, 3.63) is 69.4 Å². The fourth-order valence-corrected chi connectivity index (χ4v) is 3.77. The molecule has 2 aromatic carbocycles. The highest BCUT2D eigenvalue weighted by Crippen LogP contribution is 2.38. The van der Waals surface area contributed by atoms with Crippen LogP contribution < -0.4 is 5.32 Å². The fourth-order valence-electron chi connectivity index (χ4n) is 3.26. The maximum Gasteiger partial charge on any atom is 0.124 e. The normalized spacial score (nSPS) is 18.0. The Labute approximate surface area is 133 Å². The monoisotopic (exact) mass is 347 g/mol. The zero-order chi connectivity index (χ0) is 14.8. The van der Waals surface area contributed by atoms with Gasteiger partial charge in [-0.25, -0.2) is 4.39 Å². The van der Waals surface area contributed by atoms with Gasteiger partial charge in [-0.1, -0.05) is 47.1 Å². The van der Waals surface area contributed by atoms with Gasteiger partial charge in [0.2, 0.25) is 0 Å². The molecular formula is C18H19BrFN. The van der Waals surface area contributed by atoms with Crippen LogP contribution in [0.4, 0.5) is 4.39 Å². The molecule has 3 heteroatoms. The van der Waals surface area contributed by atoms with Crippen molar-refractivity contribution in [3.8, 4) is 0 Å². The Balaban J connectivity index is 1.80. The molecular weight excluding hydrogens is 329 g/mol. The third-order valence-electron chi connectivity index (χ3n) is 4.22. The predicted octanol–water partition coefficient (Wildman–Crippen LogP) is 4.45. The molecule has 0 radical (unpaired) electrons. The average molecular weight is 348 g/mol. The topological polar surface area (TPSA) is 12.0 Å². The largest absolute Gasteiger partial charge is 0.313 e. The molecule has 0 bridgehead atoms. The zero-order valence-electron chi connectivity index (χ0n) is 12.1. The molecule has 0 aromatic heterocycles. The first-order valence-electron chi connectivity index (χ1n) is 7.43. The van der Waals surface area contributed by atoms with E-state index in [9.17, 15) is 4.39 Å². The Morgan fingerprint density at radius 2 is 2.10 bits per heavy atom. The van der Waals surface area contributed by atoms with Crippen LogP contribution in [0.5, 0.6) is 0 Å². The lowest BCUT2D eigenvalue weighted by atomic mass is 9.72. The Morgan fingerprint density at radius 1 is 1.29 bits per heavy atom. The third-order valence-corrected chi connectivity index (χ3v) is 4.68. The molecule has 2 unspecified atom stereocenters. The molecule has 0 saturated carbocycles. The van der Waals surface area contributed by atoms with Gasteiger partial charge in [0.05, 0.1) is 0 Å². The maximum atomic E-state index is 13.5. The summed E-state index contributed by atoms with van der Waals surface area (Å²) in [5.41, 5.74) is 3.93. The van der Waals surface area contributed by atoms with Crippen molar-refractivity contribution in [2.75, 3.05) is 6.54 Å². The van der Waals surface area contributed by atoms with Gasteiger partial charge in [-0.15, -0.1) is 0 Å². The van der Waals surface area contributed by atoms with Crippen LogP contribution in [0, 0.1) is 5.82 Å². The quantitative estimate of drug-likeness (QED) is 0.842. The van der Waals surface area contributed by atoms with Crippen LogP contribution in [0.15, 0.2) is 46.9 Å². The van der Waals surface area contributed by atoms with Crippen LogP contribution in [0.25, 0.3) is 0 Å². The molecule has 110 valence electrons. The van der Waals surface area contributed by atoms with E-state index < -0.39 is 0 Å². The number of likely N-dealkylation sites (N-methyl/N-ethyl adjacent to an activating group) is 1. The molecule has 2 atom stereocenters. The van der Waals surface area contributed by atoms with Crippen molar-refractivity contribution >= 4 is 15.9 Å². The lowest BCUT2D eigenvalue weighted by molar-refractivity contribution is 0.404. The second kappa shape index (κ2) is 6.29. The standard InChI is InChI=1S/C18H19BrFN/c1-2-21-18(9-12-7-14(19)11-15(20)8-12)17-10-13-5-3-4-6-16(13)17/h3-8,11,17-18,21H,2,9-10H2,1H3. The van der Waals surface area contributed by atoms with Crippen molar-refractivity contribution in [2.45, 2.75) is 31.7 Å². The van der Waals surface area contributed by atoms with Crippen LogP contribution in [-0.4, -0.2) is 12.6 Å². The van der Waals surface area contributed by atoms with Gasteiger partial charge >= 0.3 is 0 Å². The zero-order valence-corrected chi connectivity index (χ0v) is 13.7. The van der Waals surface area contributed by atoms with Crippen LogP contribution in [0.3, 0.4) is 0 Å². The van der Waals surface area contributed by atoms with E-state index in [0.29, 0.717) is 12.0 Å². The van der Waals surface area contributed by atoms with Crippen LogP contribution in [-0.2, 0) is 12.8 Å². The first-order chi connectivity index (χ1) is 10.2. The fraction of sp³-hybridized carbons (Fsp3) is 0.333. The third kappa shape index (κ3) is 3.19. The number of hydrogen-bond acceptors (Lipinski definition) is 1.